The number of allylic oxidation sites excluding steroid dienone is 1. The number of aryl methyl sites for hydroxylation is 4. The molecule has 0 fully saturated rings. The van der Waals surface area contributed by atoms with E-state index in [-0.39, 0.29) is 11.8 Å². The zero-order chi connectivity index (χ0) is 22.3. The number of nitriles is 1. The zero-order valence-electron chi connectivity index (χ0n) is 17.8. The largest absolute Gasteiger partial charge is 0.489 e. The Morgan fingerprint density at radius 2 is 1.94 bits per heavy atom. The third-order valence-corrected chi connectivity index (χ3v) is 5.92. The van der Waals surface area contributed by atoms with E-state index in [0.29, 0.717) is 23.1 Å². The van der Waals surface area contributed by atoms with Crippen LogP contribution in [0.4, 0.5) is 0 Å². The molecule has 0 saturated heterocycles. The molecule has 1 aromatic heterocycles. The van der Waals surface area contributed by atoms with Crippen LogP contribution in [-0.2, 0) is 6.61 Å². The number of benzene rings is 2. The number of H-pyrrole nitrogens is 1. The Morgan fingerprint density at radius 1 is 1.16 bits per heavy atom. The van der Waals surface area contributed by atoms with Gasteiger partial charge in [-0.1, -0.05) is 23.7 Å². The van der Waals surface area contributed by atoms with Crippen molar-refractivity contribution >= 4 is 11.6 Å². The number of nitrogens with zero attached hydrogens (tertiary/aromatic N) is 2. The Morgan fingerprint density at radius 3 is 2.65 bits per heavy atom. The molecule has 0 spiro atoms. The third-order valence-electron chi connectivity index (χ3n) is 5.69. The third kappa shape index (κ3) is 3.73. The fourth-order valence-electron chi connectivity index (χ4n) is 4.02. The van der Waals surface area contributed by atoms with Crippen LogP contribution in [0, 0.1) is 39.0 Å². The second kappa shape index (κ2) is 8.01. The predicted octanol–water partition coefficient (Wildman–Crippen LogP) is 5.09. The van der Waals surface area contributed by atoms with Crippen molar-refractivity contribution in [2.45, 2.75) is 40.2 Å². The van der Waals surface area contributed by atoms with Gasteiger partial charge in [-0.2, -0.15) is 5.26 Å². The minimum atomic E-state index is -0.357. The summed E-state index contributed by atoms with van der Waals surface area (Å²) in [7, 11) is 0. The smallest absolute Gasteiger partial charge is 0.244 e. The van der Waals surface area contributed by atoms with Gasteiger partial charge in [-0.25, -0.2) is 0 Å². The first kappa shape index (κ1) is 20.8. The Labute approximate surface area is 186 Å². The SMILES string of the molecule is Cc1cc(C)c(C2C(C#N)=C(N)Oc3n[nH]c(C)c32)cc1COc1ccc(Cl)cc1C. The van der Waals surface area contributed by atoms with Crippen LogP contribution in [-0.4, -0.2) is 10.2 Å². The molecule has 1 unspecified atom stereocenters. The molecule has 0 bridgehead atoms. The van der Waals surface area contributed by atoms with Gasteiger partial charge in [-0.15, -0.1) is 5.10 Å². The van der Waals surface area contributed by atoms with Gasteiger partial charge >= 0.3 is 0 Å². The van der Waals surface area contributed by atoms with E-state index < -0.39 is 0 Å². The maximum atomic E-state index is 9.83. The quantitative estimate of drug-likeness (QED) is 0.595. The maximum absolute atomic E-state index is 9.83. The summed E-state index contributed by atoms with van der Waals surface area (Å²) in [6.07, 6.45) is 0. The molecular formula is C24H23ClN4O2. The minimum Gasteiger partial charge on any atom is -0.489 e. The zero-order valence-corrected chi connectivity index (χ0v) is 18.6. The molecule has 2 heterocycles. The molecule has 0 saturated carbocycles. The Kier molecular flexibility index (Phi) is 5.38. The van der Waals surface area contributed by atoms with Crippen LogP contribution in [0.25, 0.3) is 0 Å². The molecule has 158 valence electrons. The van der Waals surface area contributed by atoms with Gasteiger partial charge in [-0.3, -0.25) is 5.10 Å². The van der Waals surface area contributed by atoms with Crippen LogP contribution in [0.3, 0.4) is 0 Å². The van der Waals surface area contributed by atoms with Crippen molar-refractivity contribution in [3.63, 3.8) is 0 Å². The van der Waals surface area contributed by atoms with Crippen molar-refractivity contribution in [3.05, 3.63) is 85.9 Å². The summed E-state index contributed by atoms with van der Waals surface area (Å²) in [5.74, 6) is 0.922. The van der Waals surface area contributed by atoms with E-state index in [1.165, 1.54) is 0 Å². The van der Waals surface area contributed by atoms with Crippen LogP contribution in [0.2, 0.25) is 5.02 Å². The van der Waals surface area contributed by atoms with E-state index in [9.17, 15) is 5.26 Å². The highest BCUT2D eigenvalue weighted by atomic mass is 35.5. The number of rotatable bonds is 4. The van der Waals surface area contributed by atoms with Crippen molar-refractivity contribution in [2.24, 2.45) is 5.73 Å². The van der Waals surface area contributed by atoms with E-state index in [1.807, 2.05) is 39.0 Å². The lowest BCUT2D eigenvalue weighted by atomic mass is 9.81. The van der Waals surface area contributed by atoms with E-state index in [1.54, 1.807) is 0 Å². The van der Waals surface area contributed by atoms with Crippen molar-refractivity contribution < 1.29 is 9.47 Å². The summed E-state index contributed by atoms with van der Waals surface area (Å²) in [6.45, 7) is 8.36. The summed E-state index contributed by atoms with van der Waals surface area (Å²) in [5.41, 5.74) is 13.3. The molecule has 0 radical (unpaired) electrons. The second-order valence-electron chi connectivity index (χ2n) is 7.83. The number of hydrogen-bond acceptors (Lipinski definition) is 5. The Bertz CT molecular complexity index is 1250. The molecule has 7 heteroatoms. The van der Waals surface area contributed by atoms with Gasteiger partial charge in [-0.05, 0) is 73.7 Å². The summed E-state index contributed by atoms with van der Waals surface area (Å²) in [6, 6.07) is 12.0. The van der Waals surface area contributed by atoms with Gasteiger partial charge < -0.3 is 15.2 Å². The number of hydrogen-bond donors (Lipinski definition) is 2. The molecule has 1 aliphatic rings. The first-order chi connectivity index (χ1) is 14.8. The normalized spacial score (nSPS) is 15.3. The highest BCUT2D eigenvalue weighted by molar-refractivity contribution is 6.30. The van der Waals surface area contributed by atoms with Crippen LogP contribution in [0.5, 0.6) is 11.6 Å². The number of ether oxygens (including phenoxy) is 2. The van der Waals surface area contributed by atoms with Crippen molar-refractivity contribution in [2.75, 3.05) is 0 Å². The average molecular weight is 435 g/mol. The van der Waals surface area contributed by atoms with Crippen molar-refractivity contribution in [1.29, 1.82) is 5.26 Å². The maximum Gasteiger partial charge on any atom is 0.244 e. The van der Waals surface area contributed by atoms with Gasteiger partial charge in [0.2, 0.25) is 11.8 Å². The lowest BCUT2D eigenvalue weighted by Crippen LogP contribution is -2.21. The van der Waals surface area contributed by atoms with Gasteiger partial charge in [0.15, 0.2) is 0 Å². The summed E-state index contributed by atoms with van der Waals surface area (Å²) >= 11 is 6.05. The molecule has 3 aromatic rings. The number of aromatic nitrogens is 2. The molecule has 31 heavy (non-hydrogen) atoms. The summed E-state index contributed by atoms with van der Waals surface area (Å²) in [5, 5.41) is 17.7. The predicted molar refractivity (Wildman–Crippen MR) is 119 cm³/mol. The van der Waals surface area contributed by atoms with Gasteiger partial charge in [0.1, 0.15) is 24.0 Å². The number of fused-ring (bicyclic) bond motifs is 1. The Hall–Kier alpha value is -3.43. The molecule has 0 amide bonds. The van der Waals surface area contributed by atoms with E-state index in [0.717, 1.165) is 44.8 Å². The first-order valence-corrected chi connectivity index (χ1v) is 10.3. The Balaban J connectivity index is 1.76. The van der Waals surface area contributed by atoms with Gasteiger partial charge in [0, 0.05) is 16.3 Å². The standard InChI is InChI=1S/C24H23ClN4O2/c1-12-7-13(2)18(9-16(12)11-30-20-6-5-17(25)8-14(20)3)22-19(10-26)23(27)31-24-21(22)15(4)28-29-24/h5-9,22H,11,27H2,1-4H3,(H,28,29). The van der Waals surface area contributed by atoms with Crippen molar-refractivity contribution in [1.82, 2.24) is 10.2 Å². The molecule has 2 aromatic carbocycles. The van der Waals surface area contributed by atoms with Gasteiger partial charge in [0.05, 0.1) is 5.92 Å². The highest BCUT2D eigenvalue weighted by Crippen LogP contribution is 2.44. The molecule has 1 aliphatic heterocycles. The molecule has 4 rings (SSSR count). The molecular weight excluding hydrogens is 412 g/mol. The van der Waals surface area contributed by atoms with Crippen LogP contribution in [0.15, 0.2) is 41.8 Å². The molecule has 3 N–H and O–H groups in total. The van der Waals surface area contributed by atoms with Gasteiger partial charge in [0.25, 0.3) is 0 Å². The van der Waals surface area contributed by atoms with Crippen LogP contribution in [0.1, 0.15) is 45.0 Å². The van der Waals surface area contributed by atoms with Crippen LogP contribution >= 0.6 is 11.6 Å². The van der Waals surface area contributed by atoms with Crippen LogP contribution < -0.4 is 15.2 Å². The van der Waals surface area contributed by atoms with E-state index in [2.05, 4.69) is 35.3 Å². The number of nitrogens with two attached hydrogens (primary N) is 1. The van der Waals surface area contributed by atoms with Crippen molar-refractivity contribution in [3.8, 4) is 17.7 Å². The lowest BCUT2D eigenvalue weighted by molar-refractivity contribution is 0.303. The second-order valence-corrected chi connectivity index (χ2v) is 8.26. The first-order valence-electron chi connectivity index (χ1n) is 9.91. The summed E-state index contributed by atoms with van der Waals surface area (Å²) < 4.78 is 11.7. The summed E-state index contributed by atoms with van der Waals surface area (Å²) in [4.78, 5) is 0. The molecule has 1 atom stereocenters. The lowest BCUT2D eigenvalue weighted by Gasteiger charge is -2.26. The fraction of sp³-hybridized carbons (Fsp3) is 0.250. The highest BCUT2D eigenvalue weighted by Gasteiger charge is 2.35. The molecule has 0 aliphatic carbocycles. The monoisotopic (exact) mass is 434 g/mol. The number of nitrogens with one attached hydrogen (secondary N) is 1. The molecule has 6 nitrogen and oxygen atoms in total. The minimum absolute atomic E-state index is 0.0843. The van der Waals surface area contributed by atoms with E-state index >= 15 is 0 Å². The fourth-order valence-corrected chi connectivity index (χ4v) is 4.25. The average Bonchev–Trinajstić information content (AvgIpc) is 3.08. The number of aromatic amines is 1. The van der Waals surface area contributed by atoms with E-state index in [4.69, 9.17) is 26.8 Å². The number of halogens is 1. The topological polar surface area (TPSA) is 97.0 Å².